The number of imidazole rings is 1. The number of para-hydroxylation sites is 1. The molecule has 0 spiro atoms. The summed E-state index contributed by atoms with van der Waals surface area (Å²) in [5.41, 5.74) is 3.11. The standard InChI is InChI=1S/C24H26N4O2S/c1-28-21(17-9-3-2-4-10-17)15-25-24(28)31-16-22(29)27-20-14-8-7-13-19(20)23(30)26-18-11-5-6-12-18/h2-4,7-10,13-15,18H,5-6,11-12,16H2,1H3,(H,26,30)(H,27,29). The van der Waals surface area contributed by atoms with Crippen molar-refractivity contribution in [1.29, 1.82) is 0 Å². The van der Waals surface area contributed by atoms with Crippen LogP contribution in [-0.2, 0) is 11.8 Å². The molecule has 0 saturated heterocycles. The number of benzene rings is 2. The van der Waals surface area contributed by atoms with Gasteiger partial charge in [-0.3, -0.25) is 9.59 Å². The van der Waals surface area contributed by atoms with Gasteiger partial charge in [0.1, 0.15) is 0 Å². The van der Waals surface area contributed by atoms with Gasteiger partial charge in [0.2, 0.25) is 5.91 Å². The highest BCUT2D eigenvalue weighted by Crippen LogP contribution is 2.25. The van der Waals surface area contributed by atoms with Crippen LogP contribution in [0.3, 0.4) is 0 Å². The predicted molar refractivity (Wildman–Crippen MR) is 124 cm³/mol. The molecule has 0 atom stereocenters. The Morgan fingerprint density at radius 1 is 1.06 bits per heavy atom. The van der Waals surface area contributed by atoms with Gasteiger partial charge < -0.3 is 15.2 Å². The van der Waals surface area contributed by atoms with E-state index in [0.717, 1.165) is 42.1 Å². The lowest BCUT2D eigenvalue weighted by molar-refractivity contribution is -0.113. The molecule has 0 unspecified atom stereocenters. The van der Waals surface area contributed by atoms with E-state index in [1.165, 1.54) is 11.8 Å². The van der Waals surface area contributed by atoms with Gasteiger partial charge in [-0.05, 0) is 30.5 Å². The highest BCUT2D eigenvalue weighted by atomic mass is 32.2. The maximum Gasteiger partial charge on any atom is 0.253 e. The highest BCUT2D eigenvalue weighted by molar-refractivity contribution is 7.99. The molecule has 0 aliphatic heterocycles. The first-order valence-electron chi connectivity index (χ1n) is 10.5. The Morgan fingerprint density at radius 3 is 2.55 bits per heavy atom. The first kappa shape index (κ1) is 21.2. The van der Waals surface area contributed by atoms with E-state index in [9.17, 15) is 9.59 Å². The van der Waals surface area contributed by atoms with Crippen molar-refractivity contribution in [1.82, 2.24) is 14.9 Å². The molecule has 31 heavy (non-hydrogen) atoms. The molecule has 160 valence electrons. The van der Waals surface area contributed by atoms with Crippen molar-refractivity contribution in [3.8, 4) is 11.3 Å². The molecule has 1 heterocycles. The number of carbonyl (C=O) groups excluding carboxylic acids is 2. The number of hydrogen-bond acceptors (Lipinski definition) is 4. The molecule has 6 nitrogen and oxygen atoms in total. The van der Waals surface area contributed by atoms with E-state index in [4.69, 9.17) is 0 Å². The zero-order valence-electron chi connectivity index (χ0n) is 17.5. The third-order valence-corrected chi connectivity index (χ3v) is 6.53. The number of rotatable bonds is 7. The Hall–Kier alpha value is -3.06. The number of thioether (sulfide) groups is 1. The van der Waals surface area contributed by atoms with E-state index < -0.39 is 0 Å². The lowest BCUT2D eigenvalue weighted by Crippen LogP contribution is -2.33. The number of aromatic nitrogens is 2. The van der Waals surface area contributed by atoms with Crippen molar-refractivity contribution in [2.75, 3.05) is 11.1 Å². The lowest BCUT2D eigenvalue weighted by Gasteiger charge is -2.15. The summed E-state index contributed by atoms with van der Waals surface area (Å²) in [7, 11) is 1.94. The molecule has 3 aromatic rings. The summed E-state index contributed by atoms with van der Waals surface area (Å²) >= 11 is 1.37. The zero-order chi connectivity index (χ0) is 21.6. The number of nitrogens with one attached hydrogen (secondary N) is 2. The number of amides is 2. The molecule has 0 bridgehead atoms. The summed E-state index contributed by atoms with van der Waals surface area (Å²) in [6.07, 6.45) is 6.16. The number of hydrogen-bond donors (Lipinski definition) is 2. The third kappa shape index (κ3) is 5.17. The Kier molecular flexibility index (Phi) is 6.72. The number of anilines is 1. The van der Waals surface area contributed by atoms with Crippen molar-refractivity contribution in [3.63, 3.8) is 0 Å². The molecular weight excluding hydrogens is 408 g/mol. The van der Waals surface area contributed by atoms with Crippen LogP contribution in [0.4, 0.5) is 5.69 Å². The molecule has 1 saturated carbocycles. The van der Waals surface area contributed by atoms with E-state index >= 15 is 0 Å². The van der Waals surface area contributed by atoms with Gasteiger partial charge in [-0.1, -0.05) is 67.1 Å². The second-order valence-corrected chi connectivity index (χ2v) is 8.63. The second-order valence-electron chi connectivity index (χ2n) is 7.69. The largest absolute Gasteiger partial charge is 0.349 e. The van der Waals surface area contributed by atoms with Gasteiger partial charge >= 0.3 is 0 Å². The first-order valence-corrected chi connectivity index (χ1v) is 11.5. The highest BCUT2D eigenvalue weighted by Gasteiger charge is 2.20. The van der Waals surface area contributed by atoms with Gasteiger partial charge in [0.25, 0.3) is 5.91 Å². The monoisotopic (exact) mass is 434 g/mol. The van der Waals surface area contributed by atoms with Crippen LogP contribution in [0.25, 0.3) is 11.3 Å². The topological polar surface area (TPSA) is 76.0 Å². The van der Waals surface area contributed by atoms with Crippen molar-refractivity contribution >= 4 is 29.3 Å². The number of nitrogens with zero attached hydrogens (tertiary/aromatic N) is 2. The number of carbonyl (C=O) groups is 2. The van der Waals surface area contributed by atoms with Crippen molar-refractivity contribution < 1.29 is 9.59 Å². The van der Waals surface area contributed by atoms with Crippen LogP contribution >= 0.6 is 11.8 Å². The summed E-state index contributed by atoms with van der Waals surface area (Å²) in [4.78, 5) is 29.7. The van der Waals surface area contributed by atoms with E-state index in [1.807, 2.05) is 60.3 Å². The fourth-order valence-electron chi connectivity index (χ4n) is 3.84. The molecule has 1 aliphatic rings. The lowest BCUT2D eigenvalue weighted by atomic mass is 10.1. The Morgan fingerprint density at radius 2 is 1.77 bits per heavy atom. The SMILES string of the molecule is Cn1c(-c2ccccc2)cnc1SCC(=O)Nc1ccccc1C(=O)NC1CCCC1. The van der Waals surface area contributed by atoms with Gasteiger partial charge in [-0.25, -0.2) is 4.98 Å². The summed E-state index contributed by atoms with van der Waals surface area (Å²) < 4.78 is 1.98. The molecule has 2 amide bonds. The van der Waals surface area contributed by atoms with Crippen LogP contribution in [0.1, 0.15) is 36.0 Å². The Bertz CT molecular complexity index is 1060. The summed E-state index contributed by atoms with van der Waals surface area (Å²) in [6.45, 7) is 0. The summed E-state index contributed by atoms with van der Waals surface area (Å²) in [5, 5.41) is 6.74. The maximum absolute atomic E-state index is 12.7. The summed E-state index contributed by atoms with van der Waals surface area (Å²) in [6, 6.07) is 17.4. The molecule has 0 radical (unpaired) electrons. The van der Waals surface area contributed by atoms with Gasteiger partial charge in [-0.2, -0.15) is 0 Å². The van der Waals surface area contributed by atoms with Gasteiger partial charge in [-0.15, -0.1) is 0 Å². The van der Waals surface area contributed by atoms with Crippen LogP contribution < -0.4 is 10.6 Å². The molecular formula is C24H26N4O2S. The fourth-order valence-corrected chi connectivity index (χ4v) is 4.60. The van der Waals surface area contributed by atoms with Crippen LogP contribution in [-0.4, -0.2) is 33.2 Å². The van der Waals surface area contributed by atoms with E-state index in [1.54, 1.807) is 12.1 Å². The molecule has 1 aliphatic carbocycles. The minimum Gasteiger partial charge on any atom is -0.349 e. The Labute approximate surface area is 186 Å². The molecule has 1 aromatic heterocycles. The average Bonchev–Trinajstić information content (AvgIpc) is 3.43. The Balaban J connectivity index is 1.38. The van der Waals surface area contributed by atoms with Gasteiger partial charge in [0.15, 0.2) is 5.16 Å². The predicted octanol–water partition coefficient (Wildman–Crippen LogP) is 4.49. The molecule has 1 fully saturated rings. The maximum atomic E-state index is 12.7. The quantitative estimate of drug-likeness (QED) is 0.537. The van der Waals surface area contributed by atoms with Crippen molar-refractivity contribution in [2.45, 2.75) is 36.9 Å². The molecule has 2 N–H and O–H groups in total. The van der Waals surface area contributed by atoms with Crippen molar-refractivity contribution in [2.24, 2.45) is 7.05 Å². The van der Waals surface area contributed by atoms with E-state index in [0.29, 0.717) is 11.3 Å². The first-order chi connectivity index (χ1) is 15.1. The molecule has 2 aromatic carbocycles. The minimum atomic E-state index is -0.171. The minimum absolute atomic E-state index is 0.132. The second kappa shape index (κ2) is 9.83. The van der Waals surface area contributed by atoms with Crippen LogP contribution in [0.5, 0.6) is 0 Å². The molecule has 7 heteroatoms. The van der Waals surface area contributed by atoms with E-state index in [-0.39, 0.29) is 23.6 Å². The van der Waals surface area contributed by atoms with Crippen LogP contribution in [0, 0.1) is 0 Å². The van der Waals surface area contributed by atoms with E-state index in [2.05, 4.69) is 15.6 Å². The summed E-state index contributed by atoms with van der Waals surface area (Å²) in [5.74, 6) is -0.0973. The van der Waals surface area contributed by atoms with Gasteiger partial charge in [0.05, 0.1) is 28.9 Å². The third-order valence-electron chi connectivity index (χ3n) is 5.48. The molecule has 4 rings (SSSR count). The van der Waals surface area contributed by atoms with Crippen LogP contribution in [0.15, 0.2) is 66.0 Å². The smallest absolute Gasteiger partial charge is 0.253 e. The zero-order valence-corrected chi connectivity index (χ0v) is 18.3. The van der Waals surface area contributed by atoms with Crippen molar-refractivity contribution in [3.05, 3.63) is 66.4 Å². The van der Waals surface area contributed by atoms with Crippen LogP contribution in [0.2, 0.25) is 0 Å². The normalized spacial score (nSPS) is 13.8. The fraction of sp³-hybridized carbons (Fsp3) is 0.292. The average molecular weight is 435 g/mol. The van der Waals surface area contributed by atoms with Gasteiger partial charge in [0, 0.05) is 13.1 Å².